The Morgan fingerprint density at radius 3 is 1.98 bits per heavy atom. The molecule has 0 N–H and O–H groups in total. The first kappa shape index (κ1) is 30.5. The van der Waals surface area contributed by atoms with Crippen LogP contribution in [0, 0.1) is 40.8 Å². The van der Waals surface area contributed by atoms with Crippen LogP contribution in [0.5, 0.6) is 5.75 Å². The number of hydrogen-bond acceptors (Lipinski definition) is 4. The minimum atomic E-state index is -4.63. The maximum Gasteiger partial charge on any atom is 0.432 e. The summed E-state index contributed by atoms with van der Waals surface area (Å²) in [5.74, 6) is -7.93. The van der Waals surface area contributed by atoms with Gasteiger partial charge in [0.05, 0.1) is 10.1 Å². The van der Waals surface area contributed by atoms with Gasteiger partial charge in [-0.3, -0.25) is 0 Å². The molecular formula is C28H24F8O2S2. The summed E-state index contributed by atoms with van der Waals surface area (Å²) in [5.41, 5.74) is -2.75. The highest BCUT2D eigenvalue weighted by Gasteiger charge is 2.42. The molecule has 0 aliphatic carbocycles. The first-order valence-electron chi connectivity index (χ1n) is 12.3. The third kappa shape index (κ3) is 7.06. The van der Waals surface area contributed by atoms with E-state index < -0.39 is 63.5 Å². The third-order valence-electron chi connectivity index (χ3n) is 6.08. The molecule has 1 aliphatic rings. The van der Waals surface area contributed by atoms with E-state index in [4.69, 9.17) is 4.74 Å². The molecule has 12 heteroatoms. The number of hydrogen-bond donors (Lipinski definition) is 0. The molecule has 1 aliphatic heterocycles. The summed E-state index contributed by atoms with van der Waals surface area (Å²) in [6, 6.07) is 4.39. The van der Waals surface area contributed by atoms with Crippen LogP contribution in [0.3, 0.4) is 0 Å². The van der Waals surface area contributed by atoms with Gasteiger partial charge >= 0.3 is 6.11 Å². The van der Waals surface area contributed by atoms with Crippen LogP contribution < -0.4 is 4.74 Å². The third-order valence-corrected chi connectivity index (χ3v) is 9.38. The van der Waals surface area contributed by atoms with Crippen molar-refractivity contribution in [2.75, 3.05) is 24.7 Å². The van der Waals surface area contributed by atoms with E-state index in [-0.39, 0.29) is 10.1 Å². The van der Waals surface area contributed by atoms with Crippen LogP contribution in [0.2, 0.25) is 0 Å². The van der Waals surface area contributed by atoms with E-state index in [9.17, 15) is 35.1 Å². The fourth-order valence-electron chi connectivity index (χ4n) is 4.14. The van der Waals surface area contributed by atoms with Gasteiger partial charge in [0.25, 0.3) is 0 Å². The standard InChI is InChI=1S/C28H24F8O2S2/c1-2-6-37-7-5-15-13-39-27(40-14-15)17-9-23(33)26(24(34)10-17)28(35,36)38-18-11-21(31)25(22(32)12-18)16-3-4-19(29)20(30)8-16/h3-4,8-12,15,27H,2,5-7,13-14H2,1H3. The summed E-state index contributed by atoms with van der Waals surface area (Å²) in [6.07, 6.45) is -2.86. The molecule has 1 saturated heterocycles. The van der Waals surface area contributed by atoms with Crippen molar-refractivity contribution in [3.8, 4) is 16.9 Å². The zero-order valence-electron chi connectivity index (χ0n) is 21.1. The SMILES string of the molecule is CCCOCCC1CSC(c2cc(F)c(C(F)(F)Oc3cc(F)c(-c4ccc(F)c(F)c4)c(F)c3)c(F)c2)SC1. The van der Waals surface area contributed by atoms with E-state index in [0.29, 0.717) is 43.4 Å². The summed E-state index contributed by atoms with van der Waals surface area (Å²) in [5, 5.41) is 0. The molecule has 1 fully saturated rings. The first-order valence-corrected chi connectivity index (χ1v) is 14.4. The molecule has 1 heterocycles. The Hall–Kier alpha value is -2.44. The van der Waals surface area contributed by atoms with Crippen LogP contribution in [-0.4, -0.2) is 24.7 Å². The Balaban J connectivity index is 1.48. The van der Waals surface area contributed by atoms with E-state index in [1.165, 1.54) is 23.5 Å². The molecule has 0 spiro atoms. The predicted octanol–water partition coefficient (Wildman–Crippen LogP) is 9.23. The van der Waals surface area contributed by atoms with Crippen molar-refractivity contribution >= 4 is 23.5 Å². The Morgan fingerprint density at radius 1 is 0.775 bits per heavy atom. The summed E-state index contributed by atoms with van der Waals surface area (Å²) in [6.45, 7) is 3.32. The zero-order valence-corrected chi connectivity index (χ0v) is 22.7. The number of alkyl halides is 2. The molecule has 0 saturated carbocycles. The van der Waals surface area contributed by atoms with Crippen LogP contribution in [0.4, 0.5) is 35.1 Å². The summed E-state index contributed by atoms with van der Waals surface area (Å²) >= 11 is 2.91. The van der Waals surface area contributed by atoms with Crippen LogP contribution in [0.1, 0.15) is 35.5 Å². The predicted molar refractivity (Wildman–Crippen MR) is 139 cm³/mol. The lowest BCUT2D eigenvalue weighted by Gasteiger charge is -2.28. The van der Waals surface area contributed by atoms with Crippen molar-refractivity contribution in [3.05, 3.63) is 88.5 Å². The van der Waals surface area contributed by atoms with E-state index in [1.54, 1.807) is 0 Å². The van der Waals surface area contributed by atoms with Gasteiger partial charge in [-0.15, -0.1) is 23.5 Å². The van der Waals surface area contributed by atoms with Gasteiger partial charge in [0.15, 0.2) is 11.6 Å². The fourth-order valence-corrected chi connectivity index (χ4v) is 7.27. The molecule has 0 bridgehead atoms. The van der Waals surface area contributed by atoms with Crippen LogP contribution >= 0.6 is 23.5 Å². The van der Waals surface area contributed by atoms with Crippen LogP contribution in [0.15, 0.2) is 42.5 Å². The van der Waals surface area contributed by atoms with Gasteiger partial charge < -0.3 is 9.47 Å². The maximum atomic E-state index is 14.9. The van der Waals surface area contributed by atoms with Crippen molar-refractivity contribution in [3.63, 3.8) is 0 Å². The average molecular weight is 609 g/mol. The quantitative estimate of drug-likeness (QED) is 0.169. The topological polar surface area (TPSA) is 18.5 Å². The molecule has 3 aromatic carbocycles. The van der Waals surface area contributed by atoms with Crippen molar-refractivity contribution in [2.24, 2.45) is 5.92 Å². The second-order valence-electron chi connectivity index (χ2n) is 9.13. The maximum absolute atomic E-state index is 14.9. The molecule has 0 atom stereocenters. The van der Waals surface area contributed by atoms with Crippen molar-refractivity contribution in [1.29, 1.82) is 0 Å². The highest BCUT2D eigenvalue weighted by molar-refractivity contribution is 8.16. The normalized spacial score (nSPS) is 17.7. The largest absolute Gasteiger partial charge is 0.432 e. The molecular weight excluding hydrogens is 584 g/mol. The molecule has 4 rings (SSSR count). The Labute approximate surface area is 234 Å². The molecule has 0 amide bonds. The molecule has 2 nitrogen and oxygen atoms in total. The van der Waals surface area contributed by atoms with Gasteiger partial charge in [-0.2, -0.15) is 8.78 Å². The molecule has 0 aromatic heterocycles. The first-order chi connectivity index (χ1) is 19.0. The van der Waals surface area contributed by atoms with Gasteiger partial charge in [-0.1, -0.05) is 13.0 Å². The lowest BCUT2D eigenvalue weighted by Crippen LogP contribution is -2.26. The summed E-state index contributed by atoms with van der Waals surface area (Å²) < 4.78 is 125. The Kier molecular flexibility index (Phi) is 9.94. The monoisotopic (exact) mass is 608 g/mol. The molecule has 3 aromatic rings. The summed E-state index contributed by atoms with van der Waals surface area (Å²) in [7, 11) is 0. The smallest absolute Gasteiger partial charge is 0.429 e. The molecule has 0 radical (unpaired) electrons. The number of benzene rings is 3. The highest BCUT2D eigenvalue weighted by atomic mass is 32.2. The molecule has 40 heavy (non-hydrogen) atoms. The number of rotatable bonds is 10. The van der Waals surface area contributed by atoms with Gasteiger partial charge in [-0.05, 0) is 65.7 Å². The number of thioether (sulfide) groups is 2. The second kappa shape index (κ2) is 13.0. The minimum absolute atomic E-state index is 0.179. The Morgan fingerprint density at radius 2 is 1.40 bits per heavy atom. The number of ether oxygens (including phenoxy) is 2. The van der Waals surface area contributed by atoms with Gasteiger partial charge in [-0.25, -0.2) is 26.3 Å². The van der Waals surface area contributed by atoms with Gasteiger partial charge in [0.2, 0.25) is 0 Å². The zero-order chi connectivity index (χ0) is 29.0. The number of halogens is 8. The van der Waals surface area contributed by atoms with E-state index in [0.717, 1.165) is 42.5 Å². The summed E-state index contributed by atoms with van der Waals surface area (Å²) in [4.78, 5) is 0. The van der Waals surface area contributed by atoms with E-state index in [2.05, 4.69) is 4.74 Å². The minimum Gasteiger partial charge on any atom is -0.429 e. The van der Waals surface area contributed by atoms with E-state index >= 15 is 0 Å². The molecule has 216 valence electrons. The van der Waals surface area contributed by atoms with Gasteiger partial charge in [0.1, 0.15) is 34.6 Å². The van der Waals surface area contributed by atoms with Crippen molar-refractivity contribution < 1.29 is 44.6 Å². The van der Waals surface area contributed by atoms with Gasteiger partial charge in [0, 0.05) is 25.3 Å². The van der Waals surface area contributed by atoms with Crippen LogP contribution in [0.25, 0.3) is 11.1 Å². The lowest BCUT2D eigenvalue weighted by atomic mass is 10.0. The second-order valence-corrected chi connectivity index (χ2v) is 11.7. The molecule has 0 unspecified atom stereocenters. The van der Waals surface area contributed by atoms with E-state index in [1.807, 2.05) is 6.92 Å². The fraction of sp³-hybridized carbons (Fsp3) is 0.357. The Bertz CT molecular complexity index is 1300. The van der Waals surface area contributed by atoms with Crippen LogP contribution in [-0.2, 0) is 10.8 Å². The lowest BCUT2D eigenvalue weighted by molar-refractivity contribution is -0.189. The average Bonchev–Trinajstić information content (AvgIpc) is 2.88. The highest BCUT2D eigenvalue weighted by Crippen LogP contribution is 2.47. The van der Waals surface area contributed by atoms with Crippen molar-refractivity contribution in [2.45, 2.75) is 30.5 Å². The van der Waals surface area contributed by atoms with Crippen molar-refractivity contribution in [1.82, 2.24) is 0 Å².